The Balaban J connectivity index is 1.55. The van der Waals surface area contributed by atoms with Gasteiger partial charge in [0.05, 0.1) is 5.56 Å². The molecule has 174 valence electrons. The third-order valence-electron chi connectivity index (χ3n) is 4.92. The number of anilines is 2. The van der Waals surface area contributed by atoms with E-state index in [0.29, 0.717) is 23.2 Å². The van der Waals surface area contributed by atoms with Crippen molar-refractivity contribution in [3.63, 3.8) is 0 Å². The number of carbonyl (C=O) groups is 1. The van der Waals surface area contributed by atoms with Crippen LogP contribution in [0.3, 0.4) is 0 Å². The average Bonchev–Trinajstić information content (AvgIpc) is 3.31. The van der Waals surface area contributed by atoms with Gasteiger partial charge in [0.1, 0.15) is 35.2 Å². The van der Waals surface area contributed by atoms with Crippen LogP contribution in [0.25, 0.3) is 11.5 Å². The molecule has 0 spiro atoms. The van der Waals surface area contributed by atoms with Crippen LogP contribution in [0.15, 0.2) is 60.9 Å². The first-order chi connectivity index (χ1) is 16.3. The molecule has 0 bridgehead atoms. The standard InChI is InChI=1S/C24H24FN7O2/c1-15(2)32-14-26-30-23(32)19-7-5-8-20(27-19)28-24(33)17-13-16(11-12-18(17)25)34-22-10-6-9-21(29-22)31(3)4/h5-15H,1-4H3,(H,27,28,33). The van der Waals surface area contributed by atoms with Crippen molar-refractivity contribution in [1.29, 1.82) is 0 Å². The number of benzene rings is 1. The molecule has 1 amide bonds. The van der Waals surface area contributed by atoms with Crippen molar-refractivity contribution in [2.75, 3.05) is 24.3 Å². The fourth-order valence-electron chi connectivity index (χ4n) is 3.19. The highest BCUT2D eigenvalue weighted by Gasteiger charge is 2.16. The quantitative estimate of drug-likeness (QED) is 0.431. The lowest BCUT2D eigenvalue weighted by Crippen LogP contribution is -2.15. The molecule has 0 aliphatic carbocycles. The monoisotopic (exact) mass is 461 g/mol. The summed E-state index contributed by atoms with van der Waals surface area (Å²) in [4.78, 5) is 23.5. The minimum Gasteiger partial charge on any atom is -0.439 e. The van der Waals surface area contributed by atoms with E-state index in [2.05, 4.69) is 25.5 Å². The van der Waals surface area contributed by atoms with Crippen molar-refractivity contribution in [3.8, 4) is 23.1 Å². The van der Waals surface area contributed by atoms with E-state index in [4.69, 9.17) is 4.74 Å². The van der Waals surface area contributed by atoms with E-state index in [1.54, 1.807) is 36.7 Å². The van der Waals surface area contributed by atoms with Crippen LogP contribution in [0.1, 0.15) is 30.2 Å². The van der Waals surface area contributed by atoms with Crippen molar-refractivity contribution in [3.05, 3.63) is 72.3 Å². The first kappa shape index (κ1) is 22.8. The van der Waals surface area contributed by atoms with Gasteiger partial charge < -0.3 is 19.5 Å². The maximum Gasteiger partial charge on any atom is 0.259 e. The van der Waals surface area contributed by atoms with E-state index in [1.807, 2.05) is 43.5 Å². The minimum absolute atomic E-state index is 0.134. The van der Waals surface area contributed by atoms with E-state index in [1.165, 1.54) is 18.2 Å². The smallest absolute Gasteiger partial charge is 0.259 e. The average molecular weight is 462 g/mol. The number of rotatable bonds is 7. The molecule has 0 radical (unpaired) electrons. The van der Waals surface area contributed by atoms with Gasteiger partial charge in [-0.1, -0.05) is 12.1 Å². The van der Waals surface area contributed by atoms with Crippen LogP contribution < -0.4 is 15.0 Å². The molecule has 0 aliphatic rings. The van der Waals surface area contributed by atoms with E-state index in [9.17, 15) is 9.18 Å². The summed E-state index contributed by atoms with van der Waals surface area (Å²) in [6, 6.07) is 14.5. The predicted octanol–water partition coefficient (Wildman–Crippen LogP) is 4.57. The van der Waals surface area contributed by atoms with Crippen LogP contribution in [-0.2, 0) is 0 Å². The zero-order valence-electron chi connectivity index (χ0n) is 19.2. The Hall–Kier alpha value is -4.34. The van der Waals surface area contributed by atoms with Crippen LogP contribution in [0, 0.1) is 5.82 Å². The topological polar surface area (TPSA) is 98.1 Å². The van der Waals surface area contributed by atoms with Gasteiger partial charge in [-0.3, -0.25) is 4.79 Å². The van der Waals surface area contributed by atoms with Gasteiger partial charge >= 0.3 is 0 Å². The highest BCUT2D eigenvalue weighted by Crippen LogP contribution is 2.25. The molecule has 0 unspecified atom stereocenters. The van der Waals surface area contributed by atoms with Gasteiger partial charge in [0.15, 0.2) is 5.82 Å². The normalized spacial score (nSPS) is 10.9. The molecule has 34 heavy (non-hydrogen) atoms. The van der Waals surface area contributed by atoms with Crippen molar-refractivity contribution in [2.45, 2.75) is 19.9 Å². The number of pyridine rings is 2. The third-order valence-corrected chi connectivity index (χ3v) is 4.92. The molecule has 1 aromatic carbocycles. The van der Waals surface area contributed by atoms with Crippen LogP contribution in [-0.4, -0.2) is 44.7 Å². The summed E-state index contributed by atoms with van der Waals surface area (Å²) >= 11 is 0. The summed E-state index contributed by atoms with van der Waals surface area (Å²) in [5, 5.41) is 10.7. The Labute approximate surface area is 196 Å². The molecule has 3 aromatic heterocycles. The zero-order valence-corrected chi connectivity index (χ0v) is 19.2. The summed E-state index contributed by atoms with van der Waals surface area (Å²) in [7, 11) is 3.73. The maximum atomic E-state index is 14.5. The summed E-state index contributed by atoms with van der Waals surface area (Å²) in [6.45, 7) is 4.01. The van der Waals surface area contributed by atoms with E-state index in [-0.39, 0.29) is 23.2 Å². The second kappa shape index (κ2) is 9.65. The number of hydrogen-bond donors (Lipinski definition) is 1. The molecule has 0 saturated carbocycles. The van der Waals surface area contributed by atoms with Gasteiger partial charge in [-0.25, -0.2) is 9.37 Å². The fraction of sp³-hybridized carbons (Fsp3) is 0.208. The third kappa shape index (κ3) is 5.01. The molecule has 3 heterocycles. The summed E-state index contributed by atoms with van der Waals surface area (Å²) in [5.41, 5.74) is 0.354. The number of nitrogens with one attached hydrogen (secondary N) is 1. The number of carbonyl (C=O) groups excluding carboxylic acids is 1. The molecule has 4 aromatic rings. The summed E-state index contributed by atoms with van der Waals surface area (Å²) in [5.74, 6) is 0.793. The molecule has 10 heteroatoms. The molecule has 0 saturated heterocycles. The van der Waals surface area contributed by atoms with Gasteiger partial charge in [-0.2, -0.15) is 4.98 Å². The van der Waals surface area contributed by atoms with Crippen molar-refractivity contribution < 1.29 is 13.9 Å². The van der Waals surface area contributed by atoms with E-state index < -0.39 is 11.7 Å². The van der Waals surface area contributed by atoms with Gasteiger partial charge in [-0.15, -0.1) is 10.2 Å². The molecule has 0 fully saturated rings. The first-order valence-electron chi connectivity index (χ1n) is 10.6. The largest absolute Gasteiger partial charge is 0.439 e. The predicted molar refractivity (Wildman–Crippen MR) is 127 cm³/mol. The Bertz CT molecular complexity index is 1320. The van der Waals surface area contributed by atoms with Crippen LogP contribution in [0.4, 0.5) is 16.0 Å². The Kier molecular flexibility index (Phi) is 6.48. The van der Waals surface area contributed by atoms with Crippen LogP contribution >= 0.6 is 0 Å². The maximum absolute atomic E-state index is 14.5. The lowest BCUT2D eigenvalue weighted by molar-refractivity contribution is 0.102. The SMILES string of the molecule is CC(C)n1cnnc1-c1cccc(NC(=O)c2cc(Oc3cccc(N(C)C)n3)ccc2F)n1. The molecular formula is C24H24FN7O2. The molecule has 1 N–H and O–H groups in total. The number of nitrogens with zero attached hydrogens (tertiary/aromatic N) is 6. The Morgan fingerprint density at radius 2 is 1.88 bits per heavy atom. The van der Waals surface area contributed by atoms with Crippen molar-refractivity contribution >= 4 is 17.5 Å². The minimum atomic E-state index is -0.685. The van der Waals surface area contributed by atoms with Gasteiger partial charge in [0.2, 0.25) is 5.88 Å². The molecule has 4 rings (SSSR count). The highest BCUT2D eigenvalue weighted by atomic mass is 19.1. The van der Waals surface area contributed by atoms with Crippen molar-refractivity contribution in [1.82, 2.24) is 24.7 Å². The van der Waals surface area contributed by atoms with Gasteiger partial charge in [0, 0.05) is 26.2 Å². The van der Waals surface area contributed by atoms with Crippen molar-refractivity contribution in [2.24, 2.45) is 0 Å². The van der Waals surface area contributed by atoms with Crippen LogP contribution in [0.5, 0.6) is 11.6 Å². The lowest BCUT2D eigenvalue weighted by Gasteiger charge is -2.13. The first-order valence-corrected chi connectivity index (χ1v) is 10.6. The van der Waals surface area contributed by atoms with Gasteiger partial charge in [0.25, 0.3) is 5.91 Å². The number of aromatic nitrogens is 5. The second-order valence-electron chi connectivity index (χ2n) is 7.99. The molecule has 0 atom stereocenters. The molecular weight excluding hydrogens is 437 g/mol. The summed E-state index contributed by atoms with van der Waals surface area (Å²) < 4.78 is 22.1. The van der Waals surface area contributed by atoms with E-state index >= 15 is 0 Å². The summed E-state index contributed by atoms with van der Waals surface area (Å²) in [6.07, 6.45) is 1.62. The molecule has 9 nitrogen and oxygen atoms in total. The lowest BCUT2D eigenvalue weighted by atomic mass is 10.2. The van der Waals surface area contributed by atoms with E-state index in [0.717, 1.165) is 0 Å². The Morgan fingerprint density at radius 3 is 2.65 bits per heavy atom. The number of amides is 1. The zero-order chi connectivity index (χ0) is 24.2. The second-order valence-corrected chi connectivity index (χ2v) is 7.99. The van der Waals surface area contributed by atoms with Crippen LogP contribution in [0.2, 0.25) is 0 Å². The number of hydrogen-bond acceptors (Lipinski definition) is 7. The highest BCUT2D eigenvalue weighted by molar-refractivity contribution is 6.04. The Morgan fingerprint density at radius 1 is 1.09 bits per heavy atom. The fourth-order valence-corrected chi connectivity index (χ4v) is 3.19. The van der Waals surface area contributed by atoms with Gasteiger partial charge in [-0.05, 0) is 50.2 Å². The molecule has 0 aliphatic heterocycles. The number of ether oxygens (including phenoxy) is 1. The number of halogens is 1.